The topological polar surface area (TPSA) is 32.5 Å². The minimum Gasteiger partial charge on any atom is -0.371 e. The highest BCUT2D eigenvalue weighted by atomic mass is 15.2. The molecule has 0 radical (unpaired) electrons. The Hall–Kier alpha value is -1.06. The average molecular weight is 275 g/mol. The van der Waals surface area contributed by atoms with Gasteiger partial charge in [-0.2, -0.15) is 0 Å². The van der Waals surface area contributed by atoms with Crippen molar-refractivity contribution >= 4 is 5.69 Å². The van der Waals surface area contributed by atoms with E-state index >= 15 is 0 Å². The number of hydrogen-bond donors (Lipinski definition) is 1. The van der Waals surface area contributed by atoms with Crippen molar-refractivity contribution in [3.8, 4) is 0 Å². The van der Waals surface area contributed by atoms with E-state index in [0.29, 0.717) is 0 Å². The number of rotatable bonds is 4. The van der Waals surface area contributed by atoms with Crippen molar-refractivity contribution in [3.63, 3.8) is 0 Å². The average Bonchev–Trinajstić information content (AvgIpc) is 2.38. The number of piperidine rings is 1. The summed E-state index contributed by atoms with van der Waals surface area (Å²) in [6.07, 6.45) is 3.46. The summed E-state index contributed by atoms with van der Waals surface area (Å²) in [6, 6.07) is 7.75. The van der Waals surface area contributed by atoms with Crippen molar-refractivity contribution in [2.75, 3.05) is 32.1 Å². The monoisotopic (exact) mass is 275 g/mol. The molecule has 0 saturated carbocycles. The van der Waals surface area contributed by atoms with Gasteiger partial charge in [0.2, 0.25) is 0 Å². The van der Waals surface area contributed by atoms with Crippen LogP contribution >= 0.6 is 0 Å². The number of hydrogen-bond acceptors (Lipinski definition) is 3. The lowest BCUT2D eigenvalue weighted by Gasteiger charge is -2.37. The van der Waals surface area contributed by atoms with Crippen LogP contribution in [0.4, 0.5) is 5.69 Å². The molecule has 1 heterocycles. The predicted molar refractivity (Wildman–Crippen MR) is 87.5 cm³/mol. The molecule has 1 aromatic rings. The summed E-state index contributed by atoms with van der Waals surface area (Å²) >= 11 is 0. The summed E-state index contributed by atoms with van der Waals surface area (Å²) in [5.41, 5.74) is 10.1. The molecule has 2 rings (SSSR count). The molecule has 0 aromatic heterocycles. The van der Waals surface area contributed by atoms with Crippen molar-refractivity contribution in [3.05, 3.63) is 29.3 Å². The molecule has 0 spiro atoms. The van der Waals surface area contributed by atoms with Crippen LogP contribution in [-0.4, -0.2) is 44.2 Å². The van der Waals surface area contributed by atoms with Gasteiger partial charge in [0.1, 0.15) is 0 Å². The lowest BCUT2D eigenvalue weighted by atomic mass is 9.98. The van der Waals surface area contributed by atoms with E-state index in [1.54, 1.807) is 0 Å². The second kappa shape index (κ2) is 6.59. The van der Waals surface area contributed by atoms with E-state index in [-0.39, 0.29) is 6.04 Å². The van der Waals surface area contributed by atoms with Gasteiger partial charge < -0.3 is 15.5 Å². The van der Waals surface area contributed by atoms with Crippen molar-refractivity contribution in [2.45, 2.75) is 45.2 Å². The number of benzene rings is 1. The minimum absolute atomic E-state index is 0.217. The molecule has 0 amide bonds. The third kappa shape index (κ3) is 3.74. The van der Waals surface area contributed by atoms with Gasteiger partial charge in [0.15, 0.2) is 0 Å². The van der Waals surface area contributed by atoms with Crippen molar-refractivity contribution in [2.24, 2.45) is 5.73 Å². The molecular weight excluding hydrogens is 246 g/mol. The highest BCUT2D eigenvalue weighted by molar-refractivity contribution is 5.55. The Labute approximate surface area is 123 Å². The van der Waals surface area contributed by atoms with E-state index in [9.17, 15) is 0 Å². The van der Waals surface area contributed by atoms with Crippen LogP contribution in [-0.2, 0) is 6.42 Å². The van der Waals surface area contributed by atoms with Gasteiger partial charge >= 0.3 is 0 Å². The fourth-order valence-electron chi connectivity index (χ4n) is 3.16. The normalized spacial score (nSPS) is 18.6. The molecule has 0 bridgehead atoms. The minimum atomic E-state index is 0.217. The summed E-state index contributed by atoms with van der Waals surface area (Å²) in [4.78, 5) is 4.90. The summed E-state index contributed by atoms with van der Waals surface area (Å²) < 4.78 is 0. The first-order valence-corrected chi connectivity index (χ1v) is 7.74. The summed E-state index contributed by atoms with van der Waals surface area (Å²) in [5, 5.41) is 0. The maximum atomic E-state index is 6.01. The maximum Gasteiger partial charge on any atom is 0.0399 e. The van der Waals surface area contributed by atoms with Gasteiger partial charge in [-0.05, 0) is 58.8 Å². The van der Waals surface area contributed by atoms with Gasteiger partial charge in [0.25, 0.3) is 0 Å². The van der Waals surface area contributed by atoms with Crippen molar-refractivity contribution in [1.82, 2.24) is 4.90 Å². The number of nitrogens with two attached hydrogens (primary N) is 1. The van der Waals surface area contributed by atoms with Gasteiger partial charge in [0, 0.05) is 30.9 Å². The van der Waals surface area contributed by atoms with E-state index in [4.69, 9.17) is 5.73 Å². The molecule has 1 fully saturated rings. The quantitative estimate of drug-likeness (QED) is 0.916. The number of nitrogens with zero attached hydrogens (tertiary/aromatic N) is 2. The van der Waals surface area contributed by atoms with Gasteiger partial charge in [-0.3, -0.25) is 0 Å². The third-order valence-corrected chi connectivity index (χ3v) is 4.31. The lowest BCUT2D eigenvalue weighted by molar-refractivity contribution is 0.249. The number of anilines is 1. The second-order valence-electron chi connectivity index (χ2n) is 6.50. The molecule has 3 heteroatoms. The Kier molecular flexibility index (Phi) is 5.06. The highest BCUT2D eigenvalue weighted by Gasteiger charge is 2.22. The van der Waals surface area contributed by atoms with Gasteiger partial charge in [-0.15, -0.1) is 0 Å². The molecule has 1 aromatic carbocycles. The Morgan fingerprint density at radius 3 is 2.50 bits per heavy atom. The standard InChI is InChI=1S/C17H29N3/c1-13-5-6-17(15(11-13)12-14(2)18)20-9-7-16(8-10-20)19(3)4/h5-6,11,14,16H,7-10,12,18H2,1-4H3. The molecule has 1 atom stereocenters. The molecule has 112 valence electrons. The van der Waals surface area contributed by atoms with E-state index in [1.807, 2.05) is 0 Å². The molecule has 3 nitrogen and oxygen atoms in total. The van der Waals surface area contributed by atoms with Crippen LogP contribution in [0.3, 0.4) is 0 Å². The fraction of sp³-hybridized carbons (Fsp3) is 0.647. The van der Waals surface area contributed by atoms with Crippen LogP contribution in [0.5, 0.6) is 0 Å². The third-order valence-electron chi connectivity index (χ3n) is 4.31. The number of aryl methyl sites for hydroxylation is 1. The Morgan fingerprint density at radius 2 is 1.95 bits per heavy atom. The van der Waals surface area contributed by atoms with Gasteiger partial charge in [-0.25, -0.2) is 0 Å². The van der Waals surface area contributed by atoms with Crippen molar-refractivity contribution in [1.29, 1.82) is 0 Å². The predicted octanol–water partition coefficient (Wildman–Crippen LogP) is 2.42. The molecule has 1 aliphatic rings. The fourth-order valence-corrected chi connectivity index (χ4v) is 3.16. The first-order valence-electron chi connectivity index (χ1n) is 7.74. The largest absolute Gasteiger partial charge is 0.371 e. The maximum absolute atomic E-state index is 6.01. The molecule has 1 aliphatic heterocycles. The van der Waals surface area contributed by atoms with Gasteiger partial charge in [0.05, 0.1) is 0 Å². The smallest absolute Gasteiger partial charge is 0.0399 e. The van der Waals surface area contributed by atoms with E-state index in [0.717, 1.165) is 25.6 Å². The van der Waals surface area contributed by atoms with E-state index < -0.39 is 0 Å². The van der Waals surface area contributed by atoms with Crippen LogP contribution in [0, 0.1) is 6.92 Å². The highest BCUT2D eigenvalue weighted by Crippen LogP contribution is 2.27. The van der Waals surface area contributed by atoms with Gasteiger partial charge in [-0.1, -0.05) is 17.7 Å². The zero-order chi connectivity index (χ0) is 14.7. The first kappa shape index (κ1) is 15.3. The molecule has 0 aliphatic carbocycles. The van der Waals surface area contributed by atoms with E-state index in [1.165, 1.54) is 29.7 Å². The van der Waals surface area contributed by atoms with Crippen LogP contribution in [0.2, 0.25) is 0 Å². The Balaban J connectivity index is 2.13. The van der Waals surface area contributed by atoms with E-state index in [2.05, 4.69) is 55.9 Å². The summed E-state index contributed by atoms with van der Waals surface area (Å²) in [5.74, 6) is 0. The zero-order valence-electron chi connectivity index (χ0n) is 13.4. The van der Waals surface area contributed by atoms with Crippen LogP contribution in [0.15, 0.2) is 18.2 Å². The molecule has 20 heavy (non-hydrogen) atoms. The summed E-state index contributed by atoms with van der Waals surface area (Å²) in [7, 11) is 4.38. The Bertz CT molecular complexity index is 432. The van der Waals surface area contributed by atoms with Crippen LogP contribution in [0.1, 0.15) is 30.9 Å². The molecular formula is C17H29N3. The SMILES string of the molecule is Cc1ccc(N2CCC(N(C)C)CC2)c(CC(C)N)c1. The van der Waals surface area contributed by atoms with Crippen LogP contribution in [0.25, 0.3) is 0 Å². The zero-order valence-corrected chi connectivity index (χ0v) is 13.4. The first-order chi connectivity index (χ1) is 9.47. The molecule has 2 N–H and O–H groups in total. The molecule has 1 saturated heterocycles. The lowest BCUT2D eigenvalue weighted by Crippen LogP contribution is -2.42. The van der Waals surface area contributed by atoms with Crippen molar-refractivity contribution < 1.29 is 0 Å². The summed E-state index contributed by atoms with van der Waals surface area (Å²) in [6.45, 7) is 6.55. The molecule has 1 unspecified atom stereocenters. The Morgan fingerprint density at radius 1 is 1.30 bits per heavy atom. The second-order valence-corrected chi connectivity index (χ2v) is 6.50. The van der Waals surface area contributed by atoms with Crippen LogP contribution < -0.4 is 10.6 Å².